The number of nitrogens with zero attached hydrogens (tertiary/aromatic N) is 3. The maximum absolute atomic E-state index is 12.7. The third-order valence-corrected chi connectivity index (χ3v) is 4.79. The Bertz CT molecular complexity index is 1080. The molecule has 3 rings (SSSR count). The number of benzene rings is 2. The van der Waals surface area contributed by atoms with Crippen LogP contribution < -0.4 is 10.1 Å². The number of halogens is 1. The Morgan fingerprint density at radius 3 is 2.62 bits per heavy atom. The van der Waals surface area contributed by atoms with E-state index in [1.807, 2.05) is 25.1 Å². The predicted molar refractivity (Wildman–Crippen MR) is 110 cm³/mol. The number of amides is 1. The second kappa shape index (κ2) is 8.32. The van der Waals surface area contributed by atoms with Gasteiger partial charge in [0, 0.05) is 12.1 Å². The molecule has 0 aliphatic rings. The van der Waals surface area contributed by atoms with Gasteiger partial charge in [0.2, 0.25) is 5.91 Å². The molecule has 9 heteroatoms. The van der Waals surface area contributed by atoms with Crippen molar-refractivity contribution in [1.82, 2.24) is 9.78 Å². The molecule has 0 radical (unpaired) electrons. The van der Waals surface area contributed by atoms with Gasteiger partial charge in [-0.3, -0.25) is 19.6 Å². The zero-order valence-electron chi connectivity index (χ0n) is 16.0. The number of carbonyl (C=O) groups excluding carboxylic acids is 1. The average Bonchev–Trinajstić information content (AvgIpc) is 3.01. The highest BCUT2D eigenvalue weighted by Crippen LogP contribution is 2.31. The van der Waals surface area contributed by atoms with E-state index in [9.17, 15) is 14.9 Å². The number of non-ortho nitro benzene ring substituents is 1. The molecule has 0 saturated heterocycles. The van der Waals surface area contributed by atoms with E-state index in [1.54, 1.807) is 19.9 Å². The zero-order valence-corrected chi connectivity index (χ0v) is 16.8. The first-order valence-corrected chi connectivity index (χ1v) is 9.17. The molecule has 1 aromatic heterocycles. The van der Waals surface area contributed by atoms with Crippen molar-refractivity contribution in [2.24, 2.45) is 0 Å². The van der Waals surface area contributed by atoms with Crippen LogP contribution in [0, 0.1) is 24.0 Å². The molecule has 150 valence electrons. The zero-order chi connectivity index (χ0) is 21.1. The van der Waals surface area contributed by atoms with Crippen molar-refractivity contribution in [1.29, 1.82) is 0 Å². The number of hydrogen-bond donors (Lipinski definition) is 1. The Balaban J connectivity index is 1.87. The van der Waals surface area contributed by atoms with Crippen molar-refractivity contribution >= 4 is 28.9 Å². The Labute approximate surface area is 172 Å². The van der Waals surface area contributed by atoms with Crippen LogP contribution in [0.5, 0.6) is 11.5 Å². The van der Waals surface area contributed by atoms with Crippen LogP contribution in [0.25, 0.3) is 0 Å². The lowest BCUT2D eigenvalue weighted by Gasteiger charge is -2.15. The lowest BCUT2D eigenvalue weighted by Crippen LogP contribution is -2.25. The maximum atomic E-state index is 12.7. The van der Waals surface area contributed by atoms with Gasteiger partial charge >= 0.3 is 0 Å². The molecule has 8 nitrogen and oxygen atoms in total. The summed E-state index contributed by atoms with van der Waals surface area (Å²) in [6, 6.07) is 10.8. The smallest absolute Gasteiger partial charge is 0.275 e. The van der Waals surface area contributed by atoms with E-state index in [2.05, 4.69) is 10.4 Å². The molecule has 0 aliphatic heterocycles. The van der Waals surface area contributed by atoms with E-state index in [1.165, 1.54) is 29.1 Å². The van der Waals surface area contributed by atoms with Gasteiger partial charge in [0.25, 0.3) is 5.69 Å². The molecule has 0 spiro atoms. The normalized spacial score (nSPS) is 11.7. The number of rotatable bonds is 6. The van der Waals surface area contributed by atoms with Gasteiger partial charge in [-0.1, -0.05) is 29.8 Å². The SMILES string of the molecule is Cc1ccccc1Oc1cc(NC(=O)C(C)n2ncc(Cl)c2C)cc([N+](=O)[O-])c1. The number of aryl methyl sites for hydroxylation is 1. The molecule has 29 heavy (non-hydrogen) atoms. The molecule has 3 aromatic rings. The van der Waals surface area contributed by atoms with Crippen molar-refractivity contribution in [3.05, 3.63) is 75.1 Å². The van der Waals surface area contributed by atoms with Crippen LogP contribution in [0.3, 0.4) is 0 Å². The van der Waals surface area contributed by atoms with Gasteiger partial charge in [-0.05, 0) is 32.4 Å². The molecule has 0 fully saturated rings. The van der Waals surface area contributed by atoms with Gasteiger partial charge in [-0.2, -0.15) is 5.10 Å². The summed E-state index contributed by atoms with van der Waals surface area (Å²) >= 11 is 6.00. The molecule has 1 heterocycles. The summed E-state index contributed by atoms with van der Waals surface area (Å²) in [5.41, 5.74) is 1.58. The lowest BCUT2D eigenvalue weighted by atomic mass is 10.2. The summed E-state index contributed by atoms with van der Waals surface area (Å²) in [6.45, 7) is 5.28. The Kier molecular flexibility index (Phi) is 5.84. The number of anilines is 1. The van der Waals surface area contributed by atoms with Crippen molar-refractivity contribution in [2.45, 2.75) is 26.8 Å². The van der Waals surface area contributed by atoms with Gasteiger partial charge in [0.1, 0.15) is 17.5 Å². The first kappa shape index (κ1) is 20.3. The van der Waals surface area contributed by atoms with Gasteiger partial charge in [-0.15, -0.1) is 0 Å². The standard InChI is InChI=1S/C20H19ClN4O4/c1-12-6-4-5-7-19(12)29-17-9-15(8-16(10-17)25(27)28)23-20(26)14(3)24-13(2)18(21)11-22-24/h4-11,14H,1-3H3,(H,23,26). The summed E-state index contributed by atoms with van der Waals surface area (Å²) in [5.74, 6) is 0.422. The number of para-hydroxylation sites is 1. The van der Waals surface area contributed by atoms with Crippen molar-refractivity contribution in [3.8, 4) is 11.5 Å². The highest BCUT2D eigenvalue weighted by atomic mass is 35.5. The molecule has 0 aliphatic carbocycles. The molecular formula is C20H19ClN4O4. The fourth-order valence-corrected chi connectivity index (χ4v) is 2.90. The molecule has 2 aromatic carbocycles. The van der Waals surface area contributed by atoms with Gasteiger partial charge in [0.05, 0.1) is 33.6 Å². The monoisotopic (exact) mass is 414 g/mol. The summed E-state index contributed by atoms with van der Waals surface area (Å²) in [5, 5.41) is 18.6. The molecule has 1 unspecified atom stereocenters. The molecule has 0 saturated carbocycles. The minimum atomic E-state index is -0.664. The minimum absolute atomic E-state index is 0.197. The largest absolute Gasteiger partial charge is 0.457 e. The predicted octanol–water partition coefficient (Wildman–Crippen LogP) is 5.05. The van der Waals surface area contributed by atoms with E-state index in [4.69, 9.17) is 16.3 Å². The maximum Gasteiger partial charge on any atom is 0.275 e. The van der Waals surface area contributed by atoms with E-state index in [-0.39, 0.29) is 17.1 Å². The fraction of sp³-hybridized carbons (Fsp3) is 0.200. The number of nitro groups is 1. The lowest BCUT2D eigenvalue weighted by molar-refractivity contribution is -0.384. The van der Waals surface area contributed by atoms with Gasteiger partial charge in [-0.25, -0.2) is 0 Å². The van der Waals surface area contributed by atoms with Crippen LogP contribution in [-0.4, -0.2) is 20.6 Å². The van der Waals surface area contributed by atoms with Crippen molar-refractivity contribution in [2.75, 3.05) is 5.32 Å². The highest BCUT2D eigenvalue weighted by Gasteiger charge is 2.20. The van der Waals surface area contributed by atoms with E-state index in [0.29, 0.717) is 16.5 Å². The number of ether oxygens (including phenoxy) is 1. The van der Waals surface area contributed by atoms with E-state index < -0.39 is 16.9 Å². The van der Waals surface area contributed by atoms with E-state index in [0.717, 1.165) is 5.56 Å². The first-order valence-electron chi connectivity index (χ1n) is 8.79. The minimum Gasteiger partial charge on any atom is -0.457 e. The quantitative estimate of drug-likeness (QED) is 0.449. The highest BCUT2D eigenvalue weighted by molar-refractivity contribution is 6.31. The Morgan fingerprint density at radius 1 is 1.28 bits per heavy atom. The van der Waals surface area contributed by atoms with Crippen molar-refractivity contribution < 1.29 is 14.5 Å². The first-order chi connectivity index (χ1) is 13.8. The van der Waals surface area contributed by atoms with Crippen LogP contribution in [0.4, 0.5) is 11.4 Å². The van der Waals surface area contributed by atoms with Crippen LogP contribution in [0.15, 0.2) is 48.7 Å². The average molecular weight is 415 g/mol. The summed E-state index contributed by atoms with van der Waals surface area (Å²) in [7, 11) is 0. The number of hydrogen-bond acceptors (Lipinski definition) is 5. The summed E-state index contributed by atoms with van der Waals surface area (Å²) in [6.07, 6.45) is 1.46. The van der Waals surface area contributed by atoms with Crippen LogP contribution in [-0.2, 0) is 4.79 Å². The third kappa shape index (κ3) is 4.55. The molecule has 0 bridgehead atoms. The Hall–Kier alpha value is -3.39. The fourth-order valence-electron chi connectivity index (χ4n) is 2.77. The third-order valence-electron chi connectivity index (χ3n) is 4.42. The molecule has 1 N–H and O–H groups in total. The summed E-state index contributed by atoms with van der Waals surface area (Å²) < 4.78 is 7.28. The van der Waals surface area contributed by atoms with Gasteiger partial charge in [0.15, 0.2) is 0 Å². The number of aromatic nitrogens is 2. The van der Waals surface area contributed by atoms with Crippen LogP contribution in [0.1, 0.15) is 24.2 Å². The molecule has 1 amide bonds. The van der Waals surface area contributed by atoms with Gasteiger partial charge < -0.3 is 10.1 Å². The Morgan fingerprint density at radius 2 is 2.00 bits per heavy atom. The van der Waals surface area contributed by atoms with E-state index >= 15 is 0 Å². The summed E-state index contributed by atoms with van der Waals surface area (Å²) in [4.78, 5) is 23.4. The number of nitrogens with one attached hydrogen (secondary N) is 1. The number of carbonyl (C=O) groups is 1. The van der Waals surface area contributed by atoms with Crippen LogP contribution in [0.2, 0.25) is 5.02 Å². The second-order valence-corrected chi connectivity index (χ2v) is 6.94. The molecular weight excluding hydrogens is 396 g/mol. The van der Waals surface area contributed by atoms with Crippen LogP contribution >= 0.6 is 11.6 Å². The second-order valence-electron chi connectivity index (χ2n) is 6.53. The topological polar surface area (TPSA) is 99.3 Å². The molecule has 1 atom stereocenters. The number of nitro benzene ring substituents is 1. The van der Waals surface area contributed by atoms with Crippen molar-refractivity contribution in [3.63, 3.8) is 0 Å².